The number of ether oxygens (including phenoxy) is 1. The molecule has 0 N–H and O–H groups in total. The molecule has 1 rings (SSSR count). The Labute approximate surface area is 88.3 Å². The van der Waals surface area contributed by atoms with Gasteiger partial charge in [0.2, 0.25) is 0 Å². The number of aromatic nitrogens is 1. The van der Waals surface area contributed by atoms with Gasteiger partial charge in [0.15, 0.2) is 0 Å². The molecule has 14 heavy (non-hydrogen) atoms. The summed E-state index contributed by atoms with van der Waals surface area (Å²) < 4.78 is 6.72. The van der Waals surface area contributed by atoms with E-state index in [4.69, 9.17) is 16.3 Å². The number of pyridine rings is 1. The van der Waals surface area contributed by atoms with E-state index in [0.29, 0.717) is 24.9 Å². The molecule has 0 spiro atoms. The second-order valence-corrected chi connectivity index (χ2v) is 3.28. The van der Waals surface area contributed by atoms with Crippen LogP contribution >= 0.6 is 11.6 Å². The molecule has 1 aromatic heterocycles. The molecular weight excluding hydrogens is 202 g/mol. The van der Waals surface area contributed by atoms with Gasteiger partial charge in [-0.05, 0) is 19.4 Å². The summed E-state index contributed by atoms with van der Waals surface area (Å²) in [4.78, 5) is 11.3. The summed E-state index contributed by atoms with van der Waals surface area (Å²) in [6.45, 7) is 3.92. The lowest BCUT2D eigenvalue weighted by atomic mass is 10.4. The lowest BCUT2D eigenvalue weighted by molar-refractivity contribution is 0.141. The monoisotopic (exact) mass is 215 g/mol. The van der Waals surface area contributed by atoms with Gasteiger partial charge in [-0.15, -0.1) is 0 Å². The predicted molar refractivity (Wildman–Crippen MR) is 56.8 cm³/mol. The van der Waals surface area contributed by atoms with Gasteiger partial charge in [-0.2, -0.15) is 0 Å². The predicted octanol–water partition coefficient (Wildman–Crippen LogP) is 1.93. The Bertz CT molecular complexity index is 335. The van der Waals surface area contributed by atoms with Gasteiger partial charge < -0.3 is 4.74 Å². The Hall–Kier alpha value is -0.800. The lowest BCUT2D eigenvalue weighted by Crippen LogP contribution is -2.20. The summed E-state index contributed by atoms with van der Waals surface area (Å²) in [6, 6.07) is 4.87. The van der Waals surface area contributed by atoms with Crippen LogP contribution in [0.15, 0.2) is 23.0 Å². The molecule has 0 saturated carbocycles. The highest BCUT2D eigenvalue weighted by Crippen LogP contribution is 2.04. The Morgan fingerprint density at radius 1 is 1.50 bits per heavy atom. The molecule has 0 aliphatic rings. The largest absolute Gasteiger partial charge is 0.382 e. The van der Waals surface area contributed by atoms with Crippen LogP contribution in [0.2, 0.25) is 5.15 Å². The fourth-order valence-electron chi connectivity index (χ4n) is 1.18. The SMILES string of the molecule is CCOCCCn1c(Cl)cccc1=O. The van der Waals surface area contributed by atoms with Crippen LogP contribution < -0.4 is 5.56 Å². The normalized spacial score (nSPS) is 10.4. The van der Waals surface area contributed by atoms with Crippen molar-refractivity contribution in [2.45, 2.75) is 19.9 Å². The first-order valence-electron chi connectivity index (χ1n) is 4.69. The average molecular weight is 216 g/mol. The topological polar surface area (TPSA) is 31.2 Å². The van der Waals surface area contributed by atoms with Crippen molar-refractivity contribution >= 4 is 11.6 Å². The van der Waals surface area contributed by atoms with E-state index in [1.165, 1.54) is 6.07 Å². The van der Waals surface area contributed by atoms with Crippen molar-refractivity contribution in [2.75, 3.05) is 13.2 Å². The molecule has 0 atom stereocenters. The Morgan fingerprint density at radius 2 is 2.29 bits per heavy atom. The van der Waals surface area contributed by atoms with Gasteiger partial charge in [-0.25, -0.2) is 0 Å². The average Bonchev–Trinajstić information content (AvgIpc) is 2.16. The molecule has 0 unspecified atom stereocenters. The number of hydrogen-bond donors (Lipinski definition) is 0. The third-order valence-electron chi connectivity index (χ3n) is 1.87. The molecule has 0 bridgehead atoms. The molecule has 1 aromatic rings. The van der Waals surface area contributed by atoms with E-state index in [9.17, 15) is 4.79 Å². The van der Waals surface area contributed by atoms with Crippen LogP contribution in [-0.4, -0.2) is 17.8 Å². The van der Waals surface area contributed by atoms with Gasteiger partial charge in [0.1, 0.15) is 5.15 Å². The van der Waals surface area contributed by atoms with Crippen molar-refractivity contribution in [1.29, 1.82) is 0 Å². The molecule has 1 heterocycles. The van der Waals surface area contributed by atoms with E-state index in [1.54, 1.807) is 16.7 Å². The molecular formula is C10H14ClNO2. The van der Waals surface area contributed by atoms with Crippen LogP contribution in [0.3, 0.4) is 0 Å². The summed E-state index contributed by atoms with van der Waals surface area (Å²) in [5, 5.41) is 0.481. The van der Waals surface area contributed by atoms with Crippen molar-refractivity contribution in [1.82, 2.24) is 4.57 Å². The maximum atomic E-state index is 11.3. The minimum absolute atomic E-state index is 0.0611. The molecule has 4 heteroatoms. The summed E-state index contributed by atoms with van der Waals surface area (Å²) in [7, 11) is 0. The number of rotatable bonds is 5. The van der Waals surface area contributed by atoms with Gasteiger partial charge in [0.05, 0.1) is 0 Å². The Balaban J connectivity index is 2.54. The van der Waals surface area contributed by atoms with Crippen LogP contribution in [0.5, 0.6) is 0 Å². The summed E-state index contributed by atoms with van der Waals surface area (Å²) in [6.07, 6.45) is 0.803. The zero-order valence-corrected chi connectivity index (χ0v) is 8.96. The van der Waals surface area contributed by atoms with Crippen molar-refractivity contribution in [2.24, 2.45) is 0 Å². The summed E-state index contributed by atoms with van der Waals surface area (Å²) in [5.74, 6) is 0. The van der Waals surface area contributed by atoms with E-state index in [0.717, 1.165) is 6.42 Å². The molecule has 3 nitrogen and oxygen atoms in total. The summed E-state index contributed by atoms with van der Waals surface area (Å²) in [5.41, 5.74) is -0.0611. The number of halogens is 1. The summed E-state index contributed by atoms with van der Waals surface area (Å²) >= 11 is 5.86. The zero-order chi connectivity index (χ0) is 10.4. The molecule has 0 saturated heterocycles. The Kier molecular flexibility index (Phi) is 4.70. The quantitative estimate of drug-likeness (QED) is 0.555. The Morgan fingerprint density at radius 3 is 2.93 bits per heavy atom. The van der Waals surface area contributed by atoms with Gasteiger partial charge >= 0.3 is 0 Å². The minimum atomic E-state index is -0.0611. The molecule has 0 aliphatic heterocycles. The van der Waals surface area contributed by atoms with Crippen LogP contribution in [0.25, 0.3) is 0 Å². The van der Waals surface area contributed by atoms with Crippen LogP contribution in [0, 0.1) is 0 Å². The first kappa shape index (κ1) is 11.3. The highest BCUT2D eigenvalue weighted by atomic mass is 35.5. The van der Waals surface area contributed by atoms with Gasteiger partial charge in [0.25, 0.3) is 5.56 Å². The molecule has 0 fully saturated rings. The van der Waals surface area contributed by atoms with E-state index in [1.807, 2.05) is 6.92 Å². The van der Waals surface area contributed by atoms with E-state index in [2.05, 4.69) is 0 Å². The third kappa shape index (κ3) is 3.16. The van der Waals surface area contributed by atoms with E-state index < -0.39 is 0 Å². The maximum Gasteiger partial charge on any atom is 0.251 e. The van der Waals surface area contributed by atoms with Crippen LogP contribution in [0.1, 0.15) is 13.3 Å². The molecule has 0 amide bonds. The molecule has 0 aromatic carbocycles. The molecule has 0 aliphatic carbocycles. The van der Waals surface area contributed by atoms with Gasteiger partial charge in [-0.1, -0.05) is 17.7 Å². The third-order valence-corrected chi connectivity index (χ3v) is 2.20. The zero-order valence-electron chi connectivity index (χ0n) is 8.20. The van der Waals surface area contributed by atoms with Crippen molar-refractivity contribution < 1.29 is 4.74 Å². The smallest absolute Gasteiger partial charge is 0.251 e. The van der Waals surface area contributed by atoms with Crippen LogP contribution in [-0.2, 0) is 11.3 Å². The van der Waals surface area contributed by atoms with Crippen molar-refractivity contribution in [3.63, 3.8) is 0 Å². The standard InChI is InChI=1S/C10H14ClNO2/c1-2-14-8-4-7-12-9(11)5-3-6-10(12)13/h3,5-6H,2,4,7-8H2,1H3. The first-order chi connectivity index (χ1) is 6.75. The minimum Gasteiger partial charge on any atom is -0.382 e. The first-order valence-corrected chi connectivity index (χ1v) is 5.06. The highest BCUT2D eigenvalue weighted by Gasteiger charge is 1.99. The second kappa shape index (κ2) is 5.83. The van der Waals surface area contributed by atoms with Crippen molar-refractivity contribution in [3.05, 3.63) is 33.7 Å². The van der Waals surface area contributed by atoms with Gasteiger partial charge in [0, 0.05) is 25.8 Å². The van der Waals surface area contributed by atoms with Crippen molar-refractivity contribution in [3.8, 4) is 0 Å². The van der Waals surface area contributed by atoms with Gasteiger partial charge in [-0.3, -0.25) is 9.36 Å². The lowest BCUT2D eigenvalue weighted by Gasteiger charge is -2.07. The highest BCUT2D eigenvalue weighted by molar-refractivity contribution is 6.29. The molecule has 78 valence electrons. The van der Waals surface area contributed by atoms with E-state index in [-0.39, 0.29) is 5.56 Å². The van der Waals surface area contributed by atoms with E-state index >= 15 is 0 Å². The molecule has 0 radical (unpaired) electrons. The number of nitrogens with zero attached hydrogens (tertiary/aromatic N) is 1. The maximum absolute atomic E-state index is 11.3. The fraction of sp³-hybridized carbons (Fsp3) is 0.500. The van der Waals surface area contributed by atoms with Crippen LogP contribution in [0.4, 0.5) is 0 Å². The fourth-order valence-corrected chi connectivity index (χ4v) is 1.42. The second-order valence-electron chi connectivity index (χ2n) is 2.89. The number of hydrogen-bond acceptors (Lipinski definition) is 2.